The summed E-state index contributed by atoms with van der Waals surface area (Å²) in [6.45, 7) is 3.81. The molecule has 0 bridgehead atoms. The van der Waals surface area contributed by atoms with Crippen LogP contribution in [-0.4, -0.2) is 21.2 Å². The number of aliphatic hydroxyl groups excluding tert-OH is 1. The number of aliphatic hydroxyl groups is 1. The second kappa shape index (κ2) is 5.88. The molecule has 1 amide bonds. The monoisotopic (exact) mass is 287 g/mol. The second-order valence-corrected chi connectivity index (χ2v) is 5.21. The molecule has 2 aromatic rings. The van der Waals surface area contributed by atoms with Gasteiger partial charge in [0.2, 0.25) is 0 Å². The first-order chi connectivity index (χ1) is 9.91. The predicted molar refractivity (Wildman–Crippen MR) is 76.7 cm³/mol. The lowest BCUT2D eigenvalue weighted by molar-refractivity contribution is 0.0958. The van der Waals surface area contributed by atoms with Gasteiger partial charge in [-0.15, -0.1) is 0 Å². The summed E-state index contributed by atoms with van der Waals surface area (Å²) in [7, 11) is 0. The number of pyridine rings is 2. The van der Waals surface area contributed by atoms with Crippen molar-refractivity contribution in [1.82, 2.24) is 9.97 Å². The number of primary amides is 1. The van der Waals surface area contributed by atoms with Crippen LogP contribution < -0.4 is 10.5 Å². The highest BCUT2D eigenvalue weighted by molar-refractivity contribution is 5.67. The smallest absolute Gasteiger partial charge is 0.409 e. The molecule has 1 atom stereocenters. The van der Waals surface area contributed by atoms with Gasteiger partial charge in [0, 0.05) is 17.8 Å². The third-order valence-corrected chi connectivity index (χ3v) is 3.35. The molecule has 2 heterocycles. The summed E-state index contributed by atoms with van der Waals surface area (Å²) in [4.78, 5) is 18.8. The van der Waals surface area contributed by atoms with Crippen LogP contribution in [0.15, 0.2) is 42.9 Å². The molecule has 0 aromatic carbocycles. The Kier molecular flexibility index (Phi) is 4.18. The number of ether oxygens (including phenoxy) is 1. The number of aromatic nitrogens is 2. The van der Waals surface area contributed by atoms with Gasteiger partial charge < -0.3 is 15.6 Å². The number of amides is 1. The van der Waals surface area contributed by atoms with Crippen molar-refractivity contribution in [3.63, 3.8) is 0 Å². The zero-order valence-electron chi connectivity index (χ0n) is 11.9. The van der Waals surface area contributed by atoms with Gasteiger partial charge in [0.25, 0.3) is 0 Å². The number of carbonyl (C=O) groups is 1. The molecule has 0 spiro atoms. The van der Waals surface area contributed by atoms with Gasteiger partial charge in [-0.2, -0.15) is 0 Å². The van der Waals surface area contributed by atoms with E-state index < -0.39 is 17.6 Å². The summed E-state index contributed by atoms with van der Waals surface area (Å²) < 4.78 is 4.70. The summed E-state index contributed by atoms with van der Waals surface area (Å²) in [5, 5.41) is 10.6. The van der Waals surface area contributed by atoms with Gasteiger partial charge in [-0.3, -0.25) is 9.97 Å². The predicted octanol–water partition coefficient (Wildman–Crippen LogP) is 1.95. The molecule has 3 N–H and O–H groups in total. The maximum absolute atomic E-state index is 10.6. The average molecular weight is 287 g/mol. The molecule has 0 aliphatic heterocycles. The van der Waals surface area contributed by atoms with Crippen molar-refractivity contribution in [1.29, 1.82) is 0 Å². The van der Waals surface area contributed by atoms with Gasteiger partial charge in [-0.1, -0.05) is 19.9 Å². The molecule has 2 aromatic heterocycles. The van der Waals surface area contributed by atoms with E-state index in [9.17, 15) is 9.90 Å². The zero-order chi connectivity index (χ0) is 15.5. The van der Waals surface area contributed by atoms with Crippen molar-refractivity contribution in [3.8, 4) is 5.75 Å². The highest BCUT2D eigenvalue weighted by Crippen LogP contribution is 2.35. The van der Waals surface area contributed by atoms with Gasteiger partial charge in [-0.25, -0.2) is 4.79 Å². The molecule has 0 aliphatic rings. The highest BCUT2D eigenvalue weighted by Gasteiger charge is 2.32. The number of hydrogen-bond acceptors (Lipinski definition) is 5. The fraction of sp³-hybridized carbons (Fsp3) is 0.267. The van der Waals surface area contributed by atoms with Crippen LogP contribution >= 0.6 is 0 Å². The molecule has 0 fully saturated rings. The van der Waals surface area contributed by atoms with Crippen molar-refractivity contribution in [2.45, 2.75) is 25.4 Å². The van der Waals surface area contributed by atoms with Crippen molar-refractivity contribution in [2.75, 3.05) is 0 Å². The van der Waals surface area contributed by atoms with E-state index in [2.05, 4.69) is 9.97 Å². The first-order valence-electron chi connectivity index (χ1n) is 6.43. The van der Waals surface area contributed by atoms with E-state index in [1.165, 1.54) is 12.3 Å². The van der Waals surface area contributed by atoms with Crippen LogP contribution in [0.4, 0.5) is 4.79 Å². The fourth-order valence-electron chi connectivity index (χ4n) is 2.00. The molecule has 0 aliphatic carbocycles. The van der Waals surface area contributed by atoms with E-state index in [-0.39, 0.29) is 5.75 Å². The van der Waals surface area contributed by atoms with Crippen LogP contribution in [-0.2, 0) is 5.41 Å². The molecule has 0 saturated heterocycles. The van der Waals surface area contributed by atoms with Gasteiger partial charge in [0.15, 0.2) is 5.75 Å². The van der Waals surface area contributed by atoms with Crippen molar-refractivity contribution in [2.24, 2.45) is 5.73 Å². The Hall–Kier alpha value is -2.47. The third-order valence-electron chi connectivity index (χ3n) is 3.35. The molecule has 6 nitrogen and oxygen atoms in total. The molecule has 2 rings (SSSR count). The Morgan fingerprint density at radius 2 is 2.10 bits per heavy atom. The molecule has 110 valence electrons. The third kappa shape index (κ3) is 3.35. The average Bonchev–Trinajstić information content (AvgIpc) is 2.47. The van der Waals surface area contributed by atoms with Gasteiger partial charge >= 0.3 is 6.09 Å². The molecular formula is C15H17N3O3. The molecule has 1 unspecified atom stereocenters. The van der Waals surface area contributed by atoms with E-state index in [0.717, 1.165) is 5.56 Å². The van der Waals surface area contributed by atoms with Gasteiger partial charge in [0.1, 0.15) is 6.10 Å². The van der Waals surface area contributed by atoms with Crippen LogP contribution in [0, 0.1) is 0 Å². The topological polar surface area (TPSA) is 98.3 Å². The minimum Gasteiger partial charge on any atom is -0.409 e. The number of carbonyl (C=O) groups excluding carboxylic acids is 1. The first kappa shape index (κ1) is 14.9. The standard InChI is InChI=1S/C15H17N3O3/c1-15(2,10-4-3-7-17-8-10)13(19)12-6-5-11(9-18-12)21-14(16)20/h3-9,13,19H,1-2H3,(H2,16,20). The largest absolute Gasteiger partial charge is 0.410 e. The van der Waals surface area contributed by atoms with Crippen LogP contribution in [0.3, 0.4) is 0 Å². The van der Waals surface area contributed by atoms with Crippen LogP contribution in [0.1, 0.15) is 31.2 Å². The van der Waals surface area contributed by atoms with E-state index in [0.29, 0.717) is 5.69 Å². The summed E-state index contributed by atoms with van der Waals surface area (Å²) in [6.07, 6.45) is 3.02. The van der Waals surface area contributed by atoms with E-state index in [1.807, 2.05) is 26.0 Å². The summed E-state index contributed by atoms with van der Waals surface area (Å²) in [5.74, 6) is 0.234. The van der Waals surface area contributed by atoms with Gasteiger partial charge in [0.05, 0.1) is 11.9 Å². The SMILES string of the molecule is CC(C)(c1cccnc1)C(O)c1ccc(OC(N)=O)cn1. The minimum absolute atomic E-state index is 0.234. The van der Waals surface area contributed by atoms with Crippen LogP contribution in [0.2, 0.25) is 0 Å². The van der Waals surface area contributed by atoms with E-state index in [4.69, 9.17) is 10.5 Å². The summed E-state index contributed by atoms with van der Waals surface area (Å²) >= 11 is 0. The minimum atomic E-state index is -0.902. The first-order valence-corrected chi connectivity index (χ1v) is 6.43. The Morgan fingerprint density at radius 3 is 2.62 bits per heavy atom. The molecule has 0 saturated carbocycles. The van der Waals surface area contributed by atoms with Crippen molar-refractivity contribution >= 4 is 6.09 Å². The summed E-state index contributed by atoms with van der Waals surface area (Å²) in [5.41, 5.74) is 5.73. The van der Waals surface area contributed by atoms with Crippen molar-refractivity contribution in [3.05, 3.63) is 54.1 Å². The zero-order valence-corrected chi connectivity index (χ0v) is 11.9. The second-order valence-electron chi connectivity index (χ2n) is 5.21. The Balaban J connectivity index is 2.23. The maximum Gasteiger partial charge on any atom is 0.410 e. The number of hydrogen-bond donors (Lipinski definition) is 2. The van der Waals surface area contributed by atoms with Crippen LogP contribution in [0.25, 0.3) is 0 Å². The fourth-order valence-corrected chi connectivity index (χ4v) is 2.00. The Labute approximate surface area is 122 Å². The number of rotatable bonds is 4. The van der Waals surface area contributed by atoms with E-state index >= 15 is 0 Å². The van der Waals surface area contributed by atoms with Gasteiger partial charge in [-0.05, 0) is 23.8 Å². The molecular weight excluding hydrogens is 270 g/mol. The lowest BCUT2D eigenvalue weighted by Crippen LogP contribution is -2.27. The molecule has 0 radical (unpaired) electrons. The summed E-state index contributed by atoms with van der Waals surface area (Å²) in [6, 6.07) is 6.86. The number of nitrogens with zero attached hydrogens (tertiary/aromatic N) is 2. The number of nitrogens with two attached hydrogens (primary N) is 1. The molecule has 6 heteroatoms. The lowest BCUT2D eigenvalue weighted by atomic mass is 9.79. The van der Waals surface area contributed by atoms with E-state index in [1.54, 1.807) is 18.5 Å². The highest BCUT2D eigenvalue weighted by atomic mass is 16.5. The lowest BCUT2D eigenvalue weighted by Gasteiger charge is -2.30. The Bertz CT molecular complexity index is 612. The maximum atomic E-state index is 10.6. The molecule has 21 heavy (non-hydrogen) atoms. The normalized spacial score (nSPS) is 12.7. The Morgan fingerprint density at radius 1 is 1.33 bits per heavy atom. The van der Waals surface area contributed by atoms with Crippen molar-refractivity contribution < 1.29 is 14.6 Å². The van der Waals surface area contributed by atoms with Crippen LogP contribution in [0.5, 0.6) is 5.75 Å². The quantitative estimate of drug-likeness (QED) is 0.895.